The van der Waals surface area contributed by atoms with Crippen molar-refractivity contribution >= 4 is 54.5 Å². The molecule has 0 fully saturated rings. The third kappa shape index (κ3) is 4.65. The summed E-state index contributed by atoms with van der Waals surface area (Å²) in [4.78, 5) is 5.18. The van der Waals surface area contributed by atoms with Crippen molar-refractivity contribution in [2.75, 3.05) is 0 Å². The van der Waals surface area contributed by atoms with Crippen LogP contribution in [0, 0.1) is 0 Å². The number of furan rings is 1. The molecule has 0 unspecified atom stereocenters. The molecule has 252 valence electrons. The van der Waals surface area contributed by atoms with Crippen LogP contribution in [0.25, 0.3) is 105 Å². The molecule has 0 radical (unpaired) electrons. The van der Waals surface area contributed by atoms with Crippen molar-refractivity contribution in [2.45, 2.75) is 0 Å². The Morgan fingerprint density at radius 1 is 0.463 bits per heavy atom. The molecule has 0 aliphatic carbocycles. The van der Waals surface area contributed by atoms with E-state index in [0.29, 0.717) is 5.56 Å². The molecule has 3 heteroatoms. The first-order chi connectivity index (χ1) is 28.9. The Kier molecular flexibility index (Phi) is 5.79. The van der Waals surface area contributed by atoms with Crippen LogP contribution in [0.4, 0.5) is 0 Å². The summed E-state index contributed by atoms with van der Waals surface area (Å²) < 4.78 is 51.9. The lowest BCUT2D eigenvalue weighted by atomic mass is 9.83. The van der Waals surface area contributed by atoms with Gasteiger partial charge in [-0.05, 0) is 85.8 Å². The summed E-state index contributed by atoms with van der Waals surface area (Å²) in [5.41, 5.74) is 9.97. The van der Waals surface area contributed by atoms with Gasteiger partial charge in [0, 0.05) is 21.9 Å². The summed E-state index contributed by atoms with van der Waals surface area (Å²) in [5, 5.41) is 5.82. The van der Waals surface area contributed by atoms with Gasteiger partial charge in [0.25, 0.3) is 0 Å². The van der Waals surface area contributed by atoms with Gasteiger partial charge < -0.3 is 4.42 Å². The SMILES string of the molecule is [2H]c1c([2H])c([2H])c(-c2ccc3c(-c4ccccc4-n4c(-c5ccccc5)nc5ccccc54)c4ccccc4c(-c4cccc5oc6ccccc6c45)c3c2)c([2H])c1[2H]. The van der Waals surface area contributed by atoms with Gasteiger partial charge in [0.05, 0.1) is 23.6 Å². The van der Waals surface area contributed by atoms with Gasteiger partial charge in [-0.1, -0.05) is 158 Å². The number of imidazole rings is 1. The summed E-state index contributed by atoms with van der Waals surface area (Å²) in [6.07, 6.45) is 0. The lowest BCUT2D eigenvalue weighted by molar-refractivity contribution is 0.669. The first-order valence-electron chi connectivity index (χ1n) is 20.5. The summed E-state index contributed by atoms with van der Waals surface area (Å²) >= 11 is 0. The second kappa shape index (κ2) is 12.2. The van der Waals surface area contributed by atoms with Crippen LogP contribution in [0.2, 0.25) is 0 Å². The zero-order chi connectivity index (χ0) is 39.9. The minimum absolute atomic E-state index is 0.156. The second-order valence-electron chi connectivity index (χ2n) is 13.5. The maximum atomic E-state index is 8.96. The molecule has 0 aliphatic rings. The summed E-state index contributed by atoms with van der Waals surface area (Å²) in [6.45, 7) is 0. The number of nitrogens with zero attached hydrogens (tertiary/aromatic N) is 2. The highest BCUT2D eigenvalue weighted by Crippen LogP contribution is 2.49. The van der Waals surface area contributed by atoms with Gasteiger partial charge in [-0.15, -0.1) is 0 Å². The number of aromatic nitrogens is 2. The zero-order valence-electron chi connectivity index (χ0n) is 33.9. The third-order valence-electron chi connectivity index (χ3n) is 10.5. The predicted molar refractivity (Wildman–Crippen MR) is 225 cm³/mol. The van der Waals surface area contributed by atoms with Gasteiger partial charge in [-0.2, -0.15) is 0 Å². The molecule has 0 saturated heterocycles. The summed E-state index contributed by atoms with van der Waals surface area (Å²) in [5.74, 6) is 0.825. The molecule has 9 aromatic carbocycles. The van der Waals surface area contributed by atoms with Crippen molar-refractivity contribution in [3.8, 4) is 50.5 Å². The highest BCUT2D eigenvalue weighted by atomic mass is 16.3. The van der Waals surface area contributed by atoms with Gasteiger partial charge in [0.1, 0.15) is 17.0 Å². The normalized spacial score (nSPS) is 13.0. The first kappa shape index (κ1) is 25.7. The topological polar surface area (TPSA) is 31.0 Å². The Labute approximate surface area is 319 Å². The molecule has 0 spiro atoms. The molecule has 0 amide bonds. The van der Waals surface area contributed by atoms with Crippen LogP contribution in [0.5, 0.6) is 0 Å². The van der Waals surface area contributed by atoms with E-state index in [1.807, 2.05) is 84.9 Å². The van der Waals surface area contributed by atoms with Gasteiger partial charge in [0.2, 0.25) is 0 Å². The van der Waals surface area contributed by atoms with Crippen LogP contribution in [-0.2, 0) is 0 Å². The van der Waals surface area contributed by atoms with Gasteiger partial charge in [-0.25, -0.2) is 4.98 Å². The molecule has 0 saturated carbocycles. The fourth-order valence-corrected chi connectivity index (χ4v) is 8.22. The Morgan fingerprint density at radius 3 is 1.96 bits per heavy atom. The Bertz CT molecular complexity index is 3490. The van der Waals surface area contributed by atoms with E-state index in [1.165, 1.54) is 0 Å². The molecule has 3 nitrogen and oxygen atoms in total. The van der Waals surface area contributed by atoms with Crippen molar-refractivity contribution in [3.63, 3.8) is 0 Å². The van der Waals surface area contributed by atoms with E-state index in [4.69, 9.17) is 16.3 Å². The molecule has 0 N–H and O–H groups in total. The fraction of sp³-hybridized carbons (Fsp3) is 0. The van der Waals surface area contributed by atoms with Crippen LogP contribution < -0.4 is 0 Å². The third-order valence-corrected chi connectivity index (χ3v) is 10.5. The molecule has 11 aromatic rings. The lowest BCUT2D eigenvalue weighted by Gasteiger charge is -2.21. The molecule has 0 atom stereocenters. The number of fused-ring (bicyclic) bond motifs is 6. The second-order valence-corrected chi connectivity index (χ2v) is 13.5. The number of hydrogen-bond acceptors (Lipinski definition) is 2. The number of hydrogen-bond donors (Lipinski definition) is 0. The standard InChI is InChI=1S/C51H32N2O/c1-3-16-33(17-4-1)35-30-31-38-42(32-35)49(41-24-15-29-47-50(41)40-23-10-14-28-46(40)54-47)37-21-8-7-20-36(37)48(38)39-22-9-12-26-44(39)53-45-27-13-11-25-43(45)52-51(53)34-18-5-2-6-19-34/h1-32H/i1D,3D,4D,16D,17D. The van der Waals surface area contributed by atoms with E-state index in [1.54, 1.807) is 0 Å². The molecule has 2 heterocycles. The molecule has 11 rings (SSSR count). The Morgan fingerprint density at radius 2 is 1.11 bits per heavy atom. The summed E-state index contributed by atoms with van der Waals surface area (Å²) in [7, 11) is 0. The highest BCUT2D eigenvalue weighted by molar-refractivity contribution is 6.26. The van der Waals surface area contributed by atoms with Crippen LogP contribution in [-0.4, -0.2) is 9.55 Å². The number of benzene rings is 9. The molecule has 54 heavy (non-hydrogen) atoms. The van der Waals surface area contributed by atoms with E-state index in [2.05, 4.69) is 83.4 Å². The van der Waals surface area contributed by atoms with Crippen LogP contribution >= 0.6 is 0 Å². The molecule has 2 aromatic heterocycles. The van der Waals surface area contributed by atoms with Crippen molar-refractivity contribution in [1.29, 1.82) is 0 Å². The maximum Gasteiger partial charge on any atom is 0.145 e. The minimum atomic E-state index is -0.421. The predicted octanol–water partition coefficient (Wildman–Crippen LogP) is 13.9. The monoisotopic (exact) mass is 693 g/mol. The average Bonchev–Trinajstić information content (AvgIpc) is 3.86. The van der Waals surface area contributed by atoms with E-state index in [9.17, 15) is 0 Å². The van der Waals surface area contributed by atoms with Crippen molar-refractivity contribution in [3.05, 3.63) is 194 Å². The largest absolute Gasteiger partial charge is 0.456 e. The van der Waals surface area contributed by atoms with Gasteiger partial charge >= 0.3 is 0 Å². The van der Waals surface area contributed by atoms with Crippen molar-refractivity contribution in [2.24, 2.45) is 0 Å². The van der Waals surface area contributed by atoms with Gasteiger partial charge in [0.15, 0.2) is 0 Å². The highest BCUT2D eigenvalue weighted by Gasteiger charge is 2.24. The van der Waals surface area contributed by atoms with Crippen LogP contribution in [0.3, 0.4) is 0 Å². The molecular formula is C51H32N2O. The molecular weight excluding hydrogens is 657 g/mol. The smallest absolute Gasteiger partial charge is 0.145 e. The van der Waals surface area contributed by atoms with Crippen molar-refractivity contribution < 1.29 is 11.3 Å². The lowest BCUT2D eigenvalue weighted by Crippen LogP contribution is -2.01. The quantitative estimate of drug-likeness (QED) is 0.168. The minimum Gasteiger partial charge on any atom is -0.456 e. The Balaban J connectivity index is 1.30. The number of rotatable bonds is 5. The van der Waals surface area contributed by atoms with E-state index < -0.39 is 6.04 Å². The average molecular weight is 694 g/mol. The van der Waals surface area contributed by atoms with Crippen molar-refractivity contribution in [1.82, 2.24) is 9.55 Å². The molecule has 0 bridgehead atoms. The van der Waals surface area contributed by atoms with E-state index >= 15 is 0 Å². The summed E-state index contributed by atoms with van der Waals surface area (Å²) in [6, 6.07) is 53.8. The molecule has 0 aliphatic heterocycles. The first-order valence-corrected chi connectivity index (χ1v) is 18.0. The Hall–Kier alpha value is -7.23. The van der Waals surface area contributed by atoms with E-state index in [0.717, 1.165) is 93.8 Å². The van der Waals surface area contributed by atoms with E-state index in [-0.39, 0.29) is 29.7 Å². The van der Waals surface area contributed by atoms with Crippen LogP contribution in [0.1, 0.15) is 6.85 Å². The number of para-hydroxylation sites is 4. The fourth-order valence-electron chi connectivity index (χ4n) is 8.22. The van der Waals surface area contributed by atoms with Crippen LogP contribution in [0.15, 0.2) is 198 Å². The van der Waals surface area contributed by atoms with Gasteiger partial charge in [-0.3, -0.25) is 4.57 Å². The maximum absolute atomic E-state index is 8.96. The zero-order valence-corrected chi connectivity index (χ0v) is 28.9.